The van der Waals surface area contributed by atoms with Gasteiger partial charge in [0.25, 0.3) is 5.91 Å². The molecular formula is C19H18F3NO4. The van der Waals surface area contributed by atoms with Gasteiger partial charge in [-0.25, -0.2) is 4.79 Å². The molecule has 2 atom stereocenters. The number of methoxy groups -OCH3 is 1. The number of aliphatic hydroxyl groups excluding tert-OH is 1. The van der Waals surface area contributed by atoms with Crippen LogP contribution >= 0.6 is 0 Å². The molecule has 0 aliphatic heterocycles. The number of rotatable bonds is 6. The fourth-order valence-corrected chi connectivity index (χ4v) is 2.44. The number of carbonyl (C=O) groups excluding carboxylic acids is 2. The van der Waals surface area contributed by atoms with E-state index < -0.39 is 35.8 Å². The first-order chi connectivity index (χ1) is 12.7. The number of benzene rings is 2. The van der Waals surface area contributed by atoms with Gasteiger partial charge in [-0.15, -0.1) is 0 Å². The summed E-state index contributed by atoms with van der Waals surface area (Å²) in [7, 11) is 1.13. The van der Waals surface area contributed by atoms with Crippen LogP contribution in [0.4, 0.5) is 13.2 Å². The average Bonchev–Trinajstić information content (AvgIpc) is 2.66. The lowest BCUT2D eigenvalue weighted by molar-refractivity contribution is -0.146. The summed E-state index contributed by atoms with van der Waals surface area (Å²) in [6.45, 7) is 0. The van der Waals surface area contributed by atoms with E-state index in [0.29, 0.717) is 11.1 Å². The molecule has 0 bridgehead atoms. The summed E-state index contributed by atoms with van der Waals surface area (Å²) < 4.78 is 42.5. The normalized spacial score (nSPS) is 13.5. The lowest BCUT2D eigenvalue weighted by Gasteiger charge is -2.19. The van der Waals surface area contributed by atoms with E-state index in [4.69, 9.17) is 0 Å². The number of alkyl halides is 3. The van der Waals surface area contributed by atoms with Crippen molar-refractivity contribution >= 4 is 11.9 Å². The van der Waals surface area contributed by atoms with Crippen LogP contribution in [0.5, 0.6) is 0 Å². The summed E-state index contributed by atoms with van der Waals surface area (Å²) in [6, 6.07) is 11.2. The van der Waals surface area contributed by atoms with Gasteiger partial charge in [-0.1, -0.05) is 42.5 Å². The van der Waals surface area contributed by atoms with Gasteiger partial charge in [0.1, 0.15) is 6.04 Å². The van der Waals surface area contributed by atoms with Crippen LogP contribution in [0.25, 0.3) is 0 Å². The van der Waals surface area contributed by atoms with E-state index in [0.717, 1.165) is 19.2 Å². The maximum Gasteiger partial charge on any atom is 0.416 e. The second-order valence-corrected chi connectivity index (χ2v) is 5.80. The van der Waals surface area contributed by atoms with Crippen LogP contribution in [-0.4, -0.2) is 30.1 Å². The number of hydrogen-bond acceptors (Lipinski definition) is 4. The Hall–Kier alpha value is -2.87. The molecule has 0 spiro atoms. The molecule has 8 heteroatoms. The summed E-state index contributed by atoms with van der Waals surface area (Å²) in [5, 5.41) is 12.5. The van der Waals surface area contributed by atoms with Crippen molar-refractivity contribution in [2.45, 2.75) is 24.7 Å². The van der Waals surface area contributed by atoms with Gasteiger partial charge in [0, 0.05) is 6.42 Å². The number of aliphatic hydroxyl groups is 1. The first kappa shape index (κ1) is 20.4. The van der Waals surface area contributed by atoms with E-state index in [1.54, 1.807) is 30.3 Å². The van der Waals surface area contributed by atoms with Gasteiger partial charge in [-0.3, -0.25) is 4.79 Å². The number of halogens is 3. The topological polar surface area (TPSA) is 75.6 Å². The van der Waals surface area contributed by atoms with Gasteiger partial charge in [0.15, 0.2) is 6.10 Å². The molecule has 0 unspecified atom stereocenters. The number of carbonyl (C=O) groups is 2. The molecule has 0 saturated heterocycles. The monoisotopic (exact) mass is 381 g/mol. The minimum absolute atomic E-state index is 0.0853. The number of ether oxygens (including phenoxy) is 1. The SMILES string of the molecule is COC(=O)[C@H](Cc1ccc(C(F)(F)F)cc1)NC(=O)[C@@H](O)c1ccccc1. The second-order valence-electron chi connectivity index (χ2n) is 5.80. The van der Waals surface area contributed by atoms with Crippen LogP contribution in [0, 0.1) is 0 Å². The Bertz CT molecular complexity index is 776. The molecule has 1 amide bonds. The van der Waals surface area contributed by atoms with Gasteiger partial charge in [0.05, 0.1) is 12.7 Å². The molecule has 0 saturated carbocycles. The quantitative estimate of drug-likeness (QED) is 0.755. The van der Waals surface area contributed by atoms with Gasteiger partial charge in [0.2, 0.25) is 0 Å². The second kappa shape index (κ2) is 8.68. The van der Waals surface area contributed by atoms with Crippen molar-refractivity contribution < 1.29 is 32.6 Å². The zero-order valence-corrected chi connectivity index (χ0v) is 14.4. The molecule has 0 radical (unpaired) electrons. The molecule has 27 heavy (non-hydrogen) atoms. The highest BCUT2D eigenvalue weighted by Crippen LogP contribution is 2.29. The molecule has 0 fully saturated rings. The Morgan fingerprint density at radius 3 is 2.19 bits per heavy atom. The third-order valence-corrected chi connectivity index (χ3v) is 3.89. The molecule has 5 nitrogen and oxygen atoms in total. The van der Waals surface area contributed by atoms with Crippen LogP contribution < -0.4 is 5.32 Å². The first-order valence-corrected chi connectivity index (χ1v) is 7.99. The Labute approximate surface area is 153 Å². The average molecular weight is 381 g/mol. The predicted molar refractivity (Wildman–Crippen MR) is 90.5 cm³/mol. The molecular weight excluding hydrogens is 363 g/mol. The third-order valence-electron chi connectivity index (χ3n) is 3.89. The Morgan fingerprint density at radius 1 is 1.07 bits per heavy atom. The summed E-state index contributed by atoms with van der Waals surface area (Å²) >= 11 is 0. The van der Waals surface area contributed by atoms with Crippen LogP contribution in [0.1, 0.15) is 22.8 Å². The van der Waals surface area contributed by atoms with Crippen molar-refractivity contribution in [1.82, 2.24) is 5.32 Å². The van der Waals surface area contributed by atoms with Gasteiger partial charge in [-0.05, 0) is 23.3 Å². The van der Waals surface area contributed by atoms with E-state index >= 15 is 0 Å². The van der Waals surface area contributed by atoms with Gasteiger partial charge >= 0.3 is 12.1 Å². The molecule has 0 heterocycles. The zero-order chi connectivity index (χ0) is 20.0. The van der Waals surface area contributed by atoms with Crippen molar-refractivity contribution in [3.05, 3.63) is 71.3 Å². The van der Waals surface area contributed by atoms with Crippen LogP contribution in [0.3, 0.4) is 0 Å². The van der Waals surface area contributed by atoms with Gasteiger partial charge in [-0.2, -0.15) is 13.2 Å². The molecule has 2 aromatic carbocycles. The van der Waals surface area contributed by atoms with Gasteiger partial charge < -0.3 is 15.2 Å². The van der Waals surface area contributed by atoms with E-state index in [2.05, 4.69) is 10.1 Å². The minimum Gasteiger partial charge on any atom is -0.467 e. The van der Waals surface area contributed by atoms with Crippen molar-refractivity contribution in [1.29, 1.82) is 0 Å². The maximum absolute atomic E-state index is 12.6. The maximum atomic E-state index is 12.6. The smallest absolute Gasteiger partial charge is 0.416 e. The highest BCUT2D eigenvalue weighted by Gasteiger charge is 2.30. The van der Waals surface area contributed by atoms with Crippen molar-refractivity contribution in [3.8, 4) is 0 Å². The van der Waals surface area contributed by atoms with E-state index in [-0.39, 0.29) is 6.42 Å². The van der Waals surface area contributed by atoms with Crippen molar-refractivity contribution in [2.75, 3.05) is 7.11 Å². The summed E-state index contributed by atoms with van der Waals surface area (Å²) in [4.78, 5) is 24.2. The van der Waals surface area contributed by atoms with Crippen molar-refractivity contribution in [3.63, 3.8) is 0 Å². The number of esters is 1. The molecule has 2 aromatic rings. The summed E-state index contributed by atoms with van der Waals surface area (Å²) in [5.41, 5.74) is -0.0783. The van der Waals surface area contributed by atoms with Crippen LogP contribution in [-0.2, 0) is 26.9 Å². The third kappa shape index (κ3) is 5.55. The molecule has 0 aromatic heterocycles. The molecule has 2 rings (SSSR count). The van der Waals surface area contributed by atoms with E-state index in [1.807, 2.05) is 0 Å². The summed E-state index contributed by atoms with van der Waals surface area (Å²) in [5.74, 6) is -1.59. The number of amides is 1. The molecule has 0 aliphatic rings. The Kier molecular flexibility index (Phi) is 6.57. The predicted octanol–water partition coefficient (Wildman–Crippen LogP) is 2.64. The highest BCUT2D eigenvalue weighted by atomic mass is 19.4. The molecule has 0 aliphatic carbocycles. The highest BCUT2D eigenvalue weighted by molar-refractivity contribution is 5.87. The first-order valence-electron chi connectivity index (χ1n) is 7.99. The standard InChI is InChI=1S/C19H18F3NO4/c1-27-18(26)15(11-12-7-9-14(10-8-12)19(20,21)22)23-17(25)16(24)13-5-3-2-4-6-13/h2-10,15-16,24H,11H2,1H3,(H,23,25)/t15-,16-/m0/s1. The fourth-order valence-electron chi connectivity index (χ4n) is 2.44. The largest absolute Gasteiger partial charge is 0.467 e. The zero-order valence-electron chi connectivity index (χ0n) is 14.4. The Balaban J connectivity index is 2.11. The number of nitrogens with one attached hydrogen (secondary N) is 1. The van der Waals surface area contributed by atoms with E-state index in [9.17, 15) is 27.9 Å². The molecule has 2 N–H and O–H groups in total. The fraction of sp³-hybridized carbons (Fsp3) is 0.263. The minimum atomic E-state index is -4.46. The van der Waals surface area contributed by atoms with Crippen LogP contribution in [0.15, 0.2) is 54.6 Å². The van der Waals surface area contributed by atoms with Crippen molar-refractivity contribution in [2.24, 2.45) is 0 Å². The summed E-state index contributed by atoms with van der Waals surface area (Å²) in [6.07, 6.45) is -6.04. The lowest BCUT2D eigenvalue weighted by Crippen LogP contribution is -2.45. The van der Waals surface area contributed by atoms with E-state index in [1.165, 1.54) is 12.1 Å². The van der Waals surface area contributed by atoms with Crippen LogP contribution in [0.2, 0.25) is 0 Å². The Morgan fingerprint density at radius 2 is 1.67 bits per heavy atom. The lowest BCUT2D eigenvalue weighted by atomic mass is 10.0. The number of hydrogen-bond donors (Lipinski definition) is 2. The molecule has 144 valence electrons.